The first-order valence-electron chi connectivity index (χ1n) is 30.4. The summed E-state index contributed by atoms with van der Waals surface area (Å²) in [6, 6.07) is 110. The molecule has 0 saturated carbocycles. The van der Waals surface area contributed by atoms with Gasteiger partial charge in [0.25, 0.3) is 0 Å². The van der Waals surface area contributed by atoms with Crippen molar-refractivity contribution in [3.8, 4) is 39.1 Å². The summed E-state index contributed by atoms with van der Waals surface area (Å²) in [5.74, 6) is 0. The Balaban J connectivity index is 0.839. The van der Waals surface area contributed by atoms with E-state index in [4.69, 9.17) is 4.42 Å². The third kappa shape index (κ3) is 9.34. The van der Waals surface area contributed by atoms with Crippen molar-refractivity contribution < 1.29 is 4.42 Å². The van der Waals surface area contributed by atoms with E-state index in [0.29, 0.717) is 0 Å². The van der Waals surface area contributed by atoms with E-state index in [1.54, 1.807) is 0 Å². The van der Waals surface area contributed by atoms with Gasteiger partial charge in [-0.25, -0.2) is 0 Å². The SMILES string of the molecule is C=C/C=C(\C=C/C)c1ccc(N(c2ccc(-c3ccccc3)cc2)c2ccc3c(c2)c2cc(-c4ccc(N(c5ccccc5)c5ccc(-c6cccc7oc8ccccc8c67)cc5)cc4)ccc2n3-c2ccc3c4ccccc4c4ccccc4c3c2)cc1. The molecule has 89 heavy (non-hydrogen) atoms. The first kappa shape index (κ1) is 52.8. The van der Waals surface area contributed by atoms with E-state index >= 15 is 0 Å². The van der Waals surface area contributed by atoms with E-state index in [0.717, 1.165) is 117 Å². The first-order valence-corrected chi connectivity index (χ1v) is 30.4. The maximum atomic E-state index is 6.29. The number of aromatic nitrogens is 1. The summed E-state index contributed by atoms with van der Waals surface area (Å²) in [5, 5.41) is 12.1. The van der Waals surface area contributed by atoms with Gasteiger partial charge in [-0.05, 0) is 199 Å². The number of hydrogen-bond donors (Lipinski definition) is 0. The van der Waals surface area contributed by atoms with Crippen LogP contribution >= 0.6 is 0 Å². The quantitative estimate of drug-likeness (QED) is 0.0849. The maximum Gasteiger partial charge on any atom is 0.136 e. The zero-order chi connectivity index (χ0) is 59.4. The Morgan fingerprint density at radius 2 is 0.809 bits per heavy atom. The molecule has 0 spiro atoms. The minimum absolute atomic E-state index is 0.892. The van der Waals surface area contributed by atoms with Gasteiger partial charge in [0.1, 0.15) is 11.2 Å². The minimum atomic E-state index is 0.892. The fourth-order valence-corrected chi connectivity index (χ4v) is 13.5. The highest BCUT2D eigenvalue weighted by molar-refractivity contribution is 6.26. The lowest BCUT2D eigenvalue weighted by Crippen LogP contribution is -2.10. The van der Waals surface area contributed by atoms with Crippen molar-refractivity contribution in [2.24, 2.45) is 0 Å². The van der Waals surface area contributed by atoms with E-state index in [1.807, 2.05) is 18.2 Å². The van der Waals surface area contributed by atoms with E-state index in [-0.39, 0.29) is 0 Å². The second-order valence-electron chi connectivity index (χ2n) is 22.8. The third-order valence-electron chi connectivity index (χ3n) is 17.6. The molecule has 0 bridgehead atoms. The Kier molecular flexibility index (Phi) is 13.2. The van der Waals surface area contributed by atoms with E-state index in [1.165, 1.54) is 43.4 Å². The molecular weight excluding hydrogens is 1080 g/mol. The normalized spacial score (nSPS) is 11.9. The van der Waals surface area contributed by atoms with Crippen molar-refractivity contribution in [3.05, 3.63) is 340 Å². The highest BCUT2D eigenvalue weighted by Gasteiger charge is 2.22. The fourth-order valence-electron chi connectivity index (χ4n) is 13.5. The van der Waals surface area contributed by atoms with Crippen LogP contribution in [0.3, 0.4) is 0 Å². The Morgan fingerprint density at radius 3 is 1.44 bits per heavy atom. The van der Waals surface area contributed by atoms with E-state index < -0.39 is 0 Å². The minimum Gasteiger partial charge on any atom is -0.456 e. The van der Waals surface area contributed by atoms with Crippen LogP contribution in [-0.2, 0) is 0 Å². The summed E-state index contributed by atoms with van der Waals surface area (Å²) >= 11 is 0. The summed E-state index contributed by atoms with van der Waals surface area (Å²) < 4.78 is 8.76. The van der Waals surface area contributed by atoms with Gasteiger partial charge in [0, 0.05) is 61.4 Å². The molecule has 0 aliphatic carbocycles. The summed E-state index contributed by atoms with van der Waals surface area (Å²) in [7, 11) is 0. The average molecular weight is 1140 g/mol. The van der Waals surface area contributed by atoms with Gasteiger partial charge in [0.05, 0.1) is 11.0 Å². The molecule has 0 radical (unpaired) electrons. The van der Waals surface area contributed by atoms with Crippen LogP contribution in [-0.4, -0.2) is 4.57 Å². The van der Waals surface area contributed by atoms with Crippen LogP contribution in [0.4, 0.5) is 34.1 Å². The van der Waals surface area contributed by atoms with Crippen LogP contribution in [0.25, 0.3) is 121 Å². The smallest absolute Gasteiger partial charge is 0.136 e. The summed E-state index contributed by atoms with van der Waals surface area (Å²) in [4.78, 5) is 4.72. The number of hydrogen-bond acceptors (Lipinski definition) is 3. The molecule has 0 atom stereocenters. The summed E-state index contributed by atoms with van der Waals surface area (Å²) in [6.45, 7) is 6.07. The van der Waals surface area contributed by atoms with Gasteiger partial charge in [-0.3, -0.25) is 0 Å². The third-order valence-corrected chi connectivity index (χ3v) is 17.6. The molecule has 2 aromatic heterocycles. The van der Waals surface area contributed by atoms with Crippen molar-refractivity contribution in [1.29, 1.82) is 0 Å². The number of allylic oxidation sites excluding steroid dienone is 5. The Morgan fingerprint density at radius 1 is 0.348 bits per heavy atom. The number of fused-ring (bicyclic) bond motifs is 12. The van der Waals surface area contributed by atoms with Crippen molar-refractivity contribution in [2.75, 3.05) is 9.80 Å². The zero-order valence-electron chi connectivity index (χ0n) is 49.1. The number of furan rings is 1. The van der Waals surface area contributed by atoms with Crippen LogP contribution in [0.15, 0.2) is 339 Å². The number of rotatable bonds is 13. The highest BCUT2D eigenvalue weighted by atomic mass is 16.3. The molecule has 0 fully saturated rings. The predicted octanol–water partition coefficient (Wildman–Crippen LogP) is 24.2. The van der Waals surface area contributed by atoms with Crippen molar-refractivity contribution in [3.63, 3.8) is 0 Å². The molecule has 0 aliphatic rings. The Hall–Kier alpha value is -11.7. The lowest BCUT2D eigenvalue weighted by atomic mass is 9.94. The Bertz CT molecular complexity index is 5390. The van der Waals surface area contributed by atoms with Crippen LogP contribution in [0, 0.1) is 0 Å². The van der Waals surface area contributed by atoms with Crippen LogP contribution < -0.4 is 9.80 Å². The second kappa shape index (κ2) is 22.3. The van der Waals surface area contributed by atoms with Crippen molar-refractivity contribution in [2.45, 2.75) is 6.92 Å². The fraction of sp³-hybridized carbons (Fsp3) is 0.0118. The molecule has 16 aromatic rings. The van der Waals surface area contributed by atoms with Gasteiger partial charge in [0.2, 0.25) is 0 Å². The molecule has 16 rings (SSSR count). The molecule has 4 nitrogen and oxygen atoms in total. The molecule has 14 aromatic carbocycles. The second-order valence-corrected chi connectivity index (χ2v) is 22.8. The highest BCUT2D eigenvalue weighted by Crippen LogP contribution is 2.45. The molecule has 0 aliphatic heterocycles. The molecule has 2 heterocycles. The number of anilines is 6. The molecule has 0 saturated heterocycles. The van der Waals surface area contributed by atoms with E-state index in [9.17, 15) is 0 Å². The maximum absolute atomic E-state index is 6.29. The van der Waals surface area contributed by atoms with Gasteiger partial charge < -0.3 is 18.8 Å². The van der Waals surface area contributed by atoms with Crippen LogP contribution in [0.5, 0.6) is 0 Å². The van der Waals surface area contributed by atoms with E-state index in [2.05, 4.69) is 337 Å². The molecule has 4 heteroatoms. The Labute approximate surface area is 517 Å². The molecular formula is C85H59N3O. The average Bonchev–Trinajstić information content (AvgIpc) is 1.85. The standard InChI is InChI=1S/C85H59N3O/c1-3-18-57(19-4-2)59-32-41-67(42-33-59)87(68-43-34-60(35-44-68)58-20-7-5-8-21-58)69-50-53-82-80(56-69)79-54-63(40-52-81(79)88(82)70-49-51-76-74-26-12-11-24-72(74)73-25-13-14-27-75(73)78(76)55-70)61-36-45-65(46-37-61)86(64-22-9-6-10-23-64)66-47-38-62(39-48-66)71-29-17-31-84-85(71)77-28-15-16-30-83(77)89-84/h3-56H,1H2,2H3/b19-4-,57-18+. The van der Waals surface area contributed by atoms with Gasteiger partial charge in [-0.2, -0.15) is 0 Å². The van der Waals surface area contributed by atoms with Crippen LogP contribution in [0.1, 0.15) is 12.5 Å². The lowest BCUT2D eigenvalue weighted by Gasteiger charge is -2.26. The molecule has 0 amide bonds. The van der Waals surface area contributed by atoms with Gasteiger partial charge in [-0.1, -0.05) is 219 Å². The molecule has 420 valence electrons. The topological polar surface area (TPSA) is 24.6 Å². The van der Waals surface area contributed by atoms with Crippen LogP contribution in [0.2, 0.25) is 0 Å². The van der Waals surface area contributed by atoms with Gasteiger partial charge in [0.15, 0.2) is 0 Å². The molecule has 0 N–H and O–H groups in total. The number of benzene rings is 14. The lowest BCUT2D eigenvalue weighted by molar-refractivity contribution is 0.669. The summed E-state index contributed by atoms with van der Waals surface area (Å²) in [6.07, 6.45) is 8.12. The van der Waals surface area contributed by atoms with Gasteiger partial charge >= 0.3 is 0 Å². The van der Waals surface area contributed by atoms with Gasteiger partial charge in [-0.15, -0.1) is 0 Å². The predicted molar refractivity (Wildman–Crippen MR) is 379 cm³/mol. The monoisotopic (exact) mass is 1140 g/mol. The first-order chi connectivity index (χ1) is 44.0. The molecule has 0 unspecified atom stereocenters. The van der Waals surface area contributed by atoms with Crippen molar-refractivity contribution >= 4 is 116 Å². The number of para-hydroxylation sites is 2. The summed E-state index contributed by atoms with van der Waals surface area (Å²) in [5.41, 5.74) is 20.7. The largest absolute Gasteiger partial charge is 0.456 e. The van der Waals surface area contributed by atoms with Crippen molar-refractivity contribution in [1.82, 2.24) is 4.57 Å². The number of nitrogens with zero attached hydrogens (tertiary/aromatic N) is 3. The zero-order valence-corrected chi connectivity index (χ0v) is 49.1.